The van der Waals surface area contributed by atoms with Gasteiger partial charge in [0.25, 0.3) is 0 Å². The number of hydrogen-bond acceptors (Lipinski definition) is 2. The van der Waals surface area contributed by atoms with Crippen LogP contribution in [0.25, 0.3) is 0 Å². The molecule has 2 N–H and O–H groups in total. The van der Waals surface area contributed by atoms with E-state index in [2.05, 4.69) is 5.32 Å². The summed E-state index contributed by atoms with van der Waals surface area (Å²) in [4.78, 5) is 21.3. The Balaban J connectivity index is 1.80. The van der Waals surface area contributed by atoms with Crippen LogP contribution in [0.15, 0.2) is 0 Å². The molecule has 2 rings (SSSR count). The number of carbonyl (C=O) groups excluding carboxylic acids is 1. The highest BCUT2D eigenvalue weighted by molar-refractivity contribution is 5.76. The predicted octanol–water partition coefficient (Wildman–Crippen LogP) is 0.376. The molecule has 0 aromatic rings. The summed E-state index contributed by atoms with van der Waals surface area (Å²) in [6.45, 7) is 1.49. The monoisotopic (exact) mass is 183 g/mol. The second kappa shape index (κ2) is 2.47. The van der Waals surface area contributed by atoms with Gasteiger partial charge in [-0.15, -0.1) is 0 Å². The normalized spacial score (nSPS) is 41.0. The van der Waals surface area contributed by atoms with Crippen LogP contribution < -0.4 is 5.32 Å². The van der Waals surface area contributed by atoms with E-state index in [1.165, 1.54) is 6.92 Å². The lowest BCUT2D eigenvalue weighted by Crippen LogP contribution is -2.45. The minimum absolute atomic E-state index is 0.0209. The van der Waals surface area contributed by atoms with Crippen LogP contribution in [0.5, 0.6) is 0 Å². The second-order valence-electron chi connectivity index (χ2n) is 4.26. The highest BCUT2D eigenvalue weighted by Gasteiger charge is 2.64. The molecule has 0 heterocycles. The molecule has 0 bridgehead atoms. The van der Waals surface area contributed by atoms with E-state index < -0.39 is 5.97 Å². The first kappa shape index (κ1) is 8.53. The van der Waals surface area contributed by atoms with Gasteiger partial charge >= 0.3 is 5.97 Å². The summed E-state index contributed by atoms with van der Waals surface area (Å²) in [5.41, 5.74) is 0.0545. The lowest BCUT2D eigenvalue weighted by molar-refractivity contribution is -0.140. The van der Waals surface area contributed by atoms with E-state index in [0.29, 0.717) is 0 Å². The Morgan fingerprint density at radius 2 is 2.00 bits per heavy atom. The Morgan fingerprint density at radius 3 is 2.38 bits per heavy atom. The average molecular weight is 183 g/mol. The molecule has 0 saturated heterocycles. The molecule has 4 heteroatoms. The molecule has 2 aliphatic carbocycles. The van der Waals surface area contributed by atoms with Gasteiger partial charge in [0, 0.05) is 13.0 Å². The molecule has 13 heavy (non-hydrogen) atoms. The third kappa shape index (κ3) is 1.30. The zero-order chi connectivity index (χ0) is 9.64. The van der Waals surface area contributed by atoms with Crippen molar-refractivity contribution < 1.29 is 14.7 Å². The van der Waals surface area contributed by atoms with Crippen molar-refractivity contribution in [3.05, 3.63) is 0 Å². The standard InChI is InChI=1S/C9H13NO3/c1-5(11)10-6-2-9(3-6)4-7(9)8(12)13/h6-7H,2-4H2,1H3,(H,10,11)(H,12,13)/t6?,7-,9?/m0/s1. The van der Waals surface area contributed by atoms with Gasteiger partial charge in [0.2, 0.25) is 5.91 Å². The Hall–Kier alpha value is -1.06. The lowest BCUT2D eigenvalue weighted by atomic mass is 9.75. The molecule has 0 aliphatic heterocycles. The highest BCUT2D eigenvalue weighted by atomic mass is 16.4. The zero-order valence-electron chi connectivity index (χ0n) is 7.54. The maximum Gasteiger partial charge on any atom is 0.307 e. The van der Waals surface area contributed by atoms with Crippen LogP contribution >= 0.6 is 0 Å². The molecule has 2 saturated carbocycles. The van der Waals surface area contributed by atoms with Gasteiger partial charge in [-0.2, -0.15) is 0 Å². The van der Waals surface area contributed by atoms with Gasteiger partial charge in [-0.25, -0.2) is 0 Å². The molecule has 2 aliphatic rings. The fourth-order valence-electron chi connectivity index (χ4n) is 2.46. The van der Waals surface area contributed by atoms with Crippen molar-refractivity contribution in [2.45, 2.75) is 32.2 Å². The highest BCUT2D eigenvalue weighted by Crippen LogP contribution is 2.65. The van der Waals surface area contributed by atoms with Crippen LogP contribution in [0.3, 0.4) is 0 Å². The van der Waals surface area contributed by atoms with E-state index in [1.807, 2.05) is 0 Å². The lowest BCUT2D eigenvalue weighted by Gasteiger charge is -2.36. The third-order valence-corrected chi connectivity index (χ3v) is 3.20. The van der Waals surface area contributed by atoms with Gasteiger partial charge < -0.3 is 10.4 Å². The summed E-state index contributed by atoms with van der Waals surface area (Å²) in [5.74, 6) is -0.842. The second-order valence-corrected chi connectivity index (χ2v) is 4.26. The van der Waals surface area contributed by atoms with E-state index in [-0.39, 0.29) is 23.3 Å². The number of nitrogens with one attached hydrogen (secondary N) is 1. The Bertz CT molecular complexity index is 268. The maximum atomic E-state index is 10.7. The first-order chi connectivity index (χ1) is 6.03. The number of aliphatic carboxylic acids is 1. The Kier molecular flexibility index (Phi) is 1.62. The van der Waals surface area contributed by atoms with Crippen molar-refractivity contribution in [3.63, 3.8) is 0 Å². The van der Waals surface area contributed by atoms with Crippen LogP contribution in [0.1, 0.15) is 26.2 Å². The predicted molar refractivity (Wildman–Crippen MR) is 45.0 cm³/mol. The van der Waals surface area contributed by atoms with E-state index in [0.717, 1.165) is 19.3 Å². The summed E-state index contributed by atoms with van der Waals surface area (Å²) in [7, 11) is 0. The van der Waals surface area contributed by atoms with Crippen LogP contribution in [0.4, 0.5) is 0 Å². The van der Waals surface area contributed by atoms with E-state index >= 15 is 0 Å². The topological polar surface area (TPSA) is 66.4 Å². The largest absolute Gasteiger partial charge is 0.481 e. The zero-order valence-corrected chi connectivity index (χ0v) is 7.54. The fraction of sp³-hybridized carbons (Fsp3) is 0.778. The van der Waals surface area contributed by atoms with Gasteiger partial charge in [-0.3, -0.25) is 9.59 Å². The summed E-state index contributed by atoms with van der Waals surface area (Å²) in [5, 5.41) is 11.5. The molecule has 0 aromatic carbocycles. The first-order valence-electron chi connectivity index (χ1n) is 4.53. The van der Waals surface area contributed by atoms with E-state index in [4.69, 9.17) is 5.11 Å². The van der Waals surface area contributed by atoms with Crippen LogP contribution in [-0.4, -0.2) is 23.0 Å². The van der Waals surface area contributed by atoms with Crippen molar-refractivity contribution in [1.82, 2.24) is 5.32 Å². The molecule has 1 atom stereocenters. The van der Waals surface area contributed by atoms with Crippen LogP contribution in [0.2, 0.25) is 0 Å². The van der Waals surface area contributed by atoms with Crippen molar-refractivity contribution >= 4 is 11.9 Å². The molecule has 4 nitrogen and oxygen atoms in total. The number of carbonyl (C=O) groups is 2. The van der Waals surface area contributed by atoms with Crippen molar-refractivity contribution in [2.75, 3.05) is 0 Å². The smallest absolute Gasteiger partial charge is 0.307 e. The molecule has 2 fully saturated rings. The molecular formula is C9H13NO3. The van der Waals surface area contributed by atoms with Crippen molar-refractivity contribution in [3.8, 4) is 0 Å². The number of carboxylic acid groups (broad SMARTS) is 1. The number of rotatable bonds is 2. The van der Waals surface area contributed by atoms with Gasteiger partial charge in [-0.05, 0) is 24.7 Å². The Labute approximate surface area is 76.3 Å². The number of amides is 1. The summed E-state index contributed by atoms with van der Waals surface area (Å²) < 4.78 is 0. The molecular weight excluding hydrogens is 170 g/mol. The molecule has 1 spiro atoms. The first-order valence-corrected chi connectivity index (χ1v) is 4.53. The summed E-state index contributed by atoms with van der Waals surface area (Å²) >= 11 is 0. The maximum absolute atomic E-state index is 10.7. The summed E-state index contributed by atoms with van der Waals surface area (Å²) in [6.07, 6.45) is 2.51. The SMILES string of the molecule is CC(=O)NC1CC2(C1)C[C@H]2C(=O)O. The van der Waals surface area contributed by atoms with Crippen LogP contribution in [0, 0.1) is 11.3 Å². The quantitative estimate of drug-likeness (QED) is 0.650. The molecule has 1 amide bonds. The van der Waals surface area contributed by atoms with Crippen molar-refractivity contribution in [1.29, 1.82) is 0 Å². The Morgan fingerprint density at radius 1 is 1.38 bits per heavy atom. The number of carboxylic acids is 1. The van der Waals surface area contributed by atoms with E-state index in [9.17, 15) is 9.59 Å². The van der Waals surface area contributed by atoms with Crippen LogP contribution in [-0.2, 0) is 9.59 Å². The van der Waals surface area contributed by atoms with Crippen molar-refractivity contribution in [2.24, 2.45) is 11.3 Å². The minimum Gasteiger partial charge on any atom is -0.481 e. The summed E-state index contributed by atoms with van der Waals surface area (Å²) in [6, 6.07) is 0.224. The van der Waals surface area contributed by atoms with Gasteiger partial charge in [0.1, 0.15) is 0 Å². The average Bonchev–Trinajstić information content (AvgIpc) is 2.60. The fourth-order valence-corrected chi connectivity index (χ4v) is 2.46. The molecule has 0 aromatic heterocycles. The number of hydrogen-bond donors (Lipinski definition) is 2. The van der Waals surface area contributed by atoms with Gasteiger partial charge in [-0.1, -0.05) is 0 Å². The van der Waals surface area contributed by atoms with Gasteiger partial charge in [0.05, 0.1) is 5.92 Å². The van der Waals surface area contributed by atoms with E-state index in [1.54, 1.807) is 0 Å². The van der Waals surface area contributed by atoms with Gasteiger partial charge in [0.15, 0.2) is 0 Å². The third-order valence-electron chi connectivity index (χ3n) is 3.20. The minimum atomic E-state index is -0.679. The molecule has 0 unspecified atom stereocenters. The molecule has 0 radical (unpaired) electrons. The molecule has 72 valence electrons.